The van der Waals surface area contributed by atoms with Crippen molar-refractivity contribution in [3.63, 3.8) is 0 Å². The van der Waals surface area contributed by atoms with Crippen LogP contribution in [0.1, 0.15) is 21.6 Å². The highest BCUT2D eigenvalue weighted by Crippen LogP contribution is 2.39. The predicted octanol–water partition coefficient (Wildman–Crippen LogP) is 2.80. The molecule has 0 atom stereocenters. The van der Waals surface area contributed by atoms with Crippen molar-refractivity contribution in [3.8, 4) is 5.75 Å². The summed E-state index contributed by atoms with van der Waals surface area (Å²) in [7, 11) is 3.78. The van der Waals surface area contributed by atoms with Gasteiger partial charge in [-0.15, -0.1) is 5.01 Å². The molecule has 0 radical (unpaired) electrons. The minimum Gasteiger partial charge on any atom is -0.322 e. The standard InChI is InChI=1S/C25H21FN8O8/c1-30(2)34(41)29-42-23-13-20(21(32(37)38)12-22(23)33(39)40)31(3)25(36)17-10-14(8-9-18(17)26)11-19-15-6-4-5-7-16(15)24(35)28-27-19/h4-10,12-13H,11H2,1-3H3,(H-,28,29,35,41)/p+1. The SMILES string of the molecule is CN(C(=O)c1cc(Cc2n[nH]c(=O)c3ccccc23)ccc1F)c1cc(ON[N+](=O)N(C)C)c([N+](=O)[O-])cc1[N+](=O)[O-]. The van der Waals surface area contributed by atoms with E-state index in [4.69, 9.17) is 4.84 Å². The van der Waals surface area contributed by atoms with Crippen molar-refractivity contribution in [2.75, 3.05) is 26.0 Å². The molecule has 216 valence electrons. The Kier molecular flexibility index (Phi) is 8.02. The second-order valence-electron chi connectivity index (χ2n) is 9.04. The minimum absolute atomic E-state index is 0.0704. The van der Waals surface area contributed by atoms with E-state index >= 15 is 0 Å². The maximum atomic E-state index is 14.9. The molecule has 2 N–H and O–H groups in total. The highest BCUT2D eigenvalue weighted by molar-refractivity contribution is 6.07. The van der Waals surface area contributed by atoms with E-state index in [0.717, 1.165) is 29.1 Å². The van der Waals surface area contributed by atoms with Crippen LogP contribution in [0, 0.1) is 31.0 Å². The van der Waals surface area contributed by atoms with Crippen LogP contribution < -0.4 is 20.9 Å². The Hall–Kier alpha value is -6.00. The van der Waals surface area contributed by atoms with Crippen molar-refractivity contribution < 1.29 is 28.8 Å². The number of fused-ring (bicyclic) bond motifs is 1. The quantitative estimate of drug-likeness (QED) is 0.159. The lowest BCUT2D eigenvalue weighted by Gasteiger charge is -2.19. The highest BCUT2D eigenvalue weighted by Gasteiger charge is 2.32. The number of nitro groups is 2. The summed E-state index contributed by atoms with van der Waals surface area (Å²) >= 11 is 0. The van der Waals surface area contributed by atoms with Gasteiger partial charge in [-0.1, -0.05) is 24.3 Å². The molecular weight excluding hydrogens is 559 g/mol. The Bertz CT molecular complexity index is 1810. The van der Waals surface area contributed by atoms with Crippen molar-refractivity contribution in [2.45, 2.75) is 6.42 Å². The number of carbonyl (C=O) groups excluding carboxylic acids is 1. The third-order valence-corrected chi connectivity index (χ3v) is 6.12. The van der Waals surface area contributed by atoms with Crippen LogP contribution in [0.2, 0.25) is 0 Å². The van der Waals surface area contributed by atoms with E-state index in [-0.39, 0.29) is 17.0 Å². The van der Waals surface area contributed by atoms with Gasteiger partial charge < -0.3 is 9.74 Å². The number of hydrazine groups is 2. The summed E-state index contributed by atoms with van der Waals surface area (Å²) < 4.78 is 14.9. The molecule has 3 aromatic carbocycles. The topological polar surface area (TPSA) is 197 Å². The summed E-state index contributed by atoms with van der Waals surface area (Å²) in [5.41, 5.74) is -0.307. The molecule has 1 heterocycles. The van der Waals surface area contributed by atoms with E-state index in [1.54, 1.807) is 24.3 Å². The zero-order valence-corrected chi connectivity index (χ0v) is 22.2. The molecule has 0 unspecified atom stereocenters. The Labute approximate surface area is 234 Å². The number of hydrogen-bond acceptors (Lipinski definition) is 9. The zero-order chi connectivity index (χ0) is 30.7. The fraction of sp³-hybridized carbons (Fsp3) is 0.160. The van der Waals surface area contributed by atoms with Crippen LogP contribution in [-0.4, -0.2) is 57.1 Å². The molecule has 0 bridgehead atoms. The number of nitroso groups, excluding NO2 is 1. The molecule has 4 aromatic rings. The molecule has 0 aliphatic rings. The molecule has 0 saturated heterocycles. The van der Waals surface area contributed by atoms with Gasteiger partial charge in [0.2, 0.25) is 5.75 Å². The van der Waals surface area contributed by atoms with Crippen LogP contribution in [0.5, 0.6) is 5.75 Å². The maximum Gasteiger partial charge on any atom is 0.321 e. The number of nitro benzene ring substituents is 2. The summed E-state index contributed by atoms with van der Waals surface area (Å²) in [5.74, 6) is -2.60. The molecule has 42 heavy (non-hydrogen) atoms. The summed E-state index contributed by atoms with van der Waals surface area (Å²) in [5, 5.41) is 31.8. The van der Waals surface area contributed by atoms with Gasteiger partial charge in [0.25, 0.3) is 22.1 Å². The lowest BCUT2D eigenvalue weighted by molar-refractivity contribution is -0.772. The normalized spacial score (nSPS) is 10.7. The highest BCUT2D eigenvalue weighted by atomic mass is 19.1. The van der Waals surface area contributed by atoms with Crippen molar-refractivity contribution in [1.29, 1.82) is 0 Å². The first-order valence-corrected chi connectivity index (χ1v) is 12.0. The van der Waals surface area contributed by atoms with Crippen molar-refractivity contribution >= 4 is 33.7 Å². The Balaban J connectivity index is 1.72. The largest absolute Gasteiger partial charge is 0.322 e. The van der Waals surface area contributed by atoms with Gasteiger partial charge in [0, 0.05) is 24.9 Å². The first-order valence-electron chi connectivity index (χ1n) is 12.0. The van der Waals surface area contributed by atoms with Crippen LogP contribution in [0.25, 0.3) is 10.8 Å². The van der Waals surface area contributed by atoms with E-state index in [1.165, 1.54) is 26.2 Å². The fourth-order valence-corrected chi connectivity index (χ4v) is 3.99. The number of amides is 1. The van der Waals surface area contributed by atoms with Crippen LogP contribution in [0.15, 0.2) is 59.4 Å². The monoisotopic (exact) mass is 581 g/mol. The van der Waals surface area contributed by atoms with Gasteiger partial charge in [0.15, 0.2) is 0 Å². The minimum atomic E-state index is -1.02. The number of hydrogen-bond donors (Lipinski definition) is 2. The molecule has 0 aliphatic heterocycles. The molecule has 4 rings (SSSR count). The number of H-pyrrole nitrogens is 1. The Morgan fingerprint density at radius 3 is 2.31 bits per heavy atom. The van der Waals surface area contributed by atoms with Gasteiger partial charge in [-0.2, -0.15) is 5.10 Å². The van der Waals surface area contributed by atoms with Gasteiger partial charge >= 0.3 is 5.69 Å². The predicted molar refractivity (Wildman–Crippen MR) is 145 cm³/mol. The molecule has 0 spiro atoms. The van der Waals surface area contributed by atoms with Gasteiger partial charge in [0.05, 0.1) is 51.1 Å². The lowest BCUT2D eigenvalue weighted by Crippen LogP contribution is -2.39. The number of halogens is 1. The first-order chi connectivity index (χ1) is 19.9. The number of aromatic amines is 1. The Morgan fingerprint density at radius 2 is 1.67 bits per heavy atom. The van der Waals surface area contributed by atoms with E-state index in [9.17, 15) is 39.1 Å². The first kappa shape index (κ1) is 29.0. The van der Waals surface area contributed by atoms with Crippen molar-refractivity contribution in [1.82, 2.24) is 20.8 Å². The van der Waals surface area contributed by atoms with Crippen LogP contribution in [0.3, 0.4) is 0 Å². The van der Waals surface area contributed by atoms with Gasteiger partial charge in [-0.05, 0) is 23.8 Å². The molecular formula is C25H22FN8O8+. The van der Waals surface area contributed by atoms with Crippen LogP contribution >= 0.6 is 0 Å². The van der Waals surface area contributed by atoms with Gasteiger partial charge in [0.1, 0.15) is 17.6 Å². The van der Waals surface area contributed by atoms with E-state index < -0.39 is 49.9 Å². The summed E-state index contributed by atoms with van der Waals surface area (Å²) in [6.07, 6.45) is 0.0977. The number of nitrogens with zero attached hydrogens (tertiary/aromatic N) is 6. The number of aromatic nitrogens is 2. The molecule has 1 aromatic heterocycles. The van der Waals surface area contributed by atoms with Crippen LogP contribution in [-0.2, 0) is 6.42 Å². The number of rotatable bonds is 10. The van der Waals surface area contributed by atoms with E-state index in [1.807, 2.05) is 5.59 Å². The van der Waals surface area contributed by atoms with Crippen molar-refractivity contribution in [3.05, 3.63) is 113 Å². The molecule has 17 heteroatoms. The summed E-state index contributed by atoms with van der Waals surface area (Å²) in [6.45, 7) is 0. The third-order valence-electron chi connectivity index (χ3n) is 6.12. The smallest absolute Gasteiger partial charge is 0.321 e. The average molecular weight is 581 g/mol. The molecule has 0 saturated carbocycles. The van der Waals surface area contributed by atoms with Gasteiger partial charge in [-0.3, -0.25) is 29.8 Å². The third kappa shape index (κ3) is 5.79. The molecule has 0 fully saturated rings. The zero-order valence-electron chi connectivity index (χ0n) is 22.2. The van der Waals surface area contributed by atoms with E-state index in [0.29, 0.717) is 28.1 Å². The van der Waals surface area contributed by atoms with Gasteiger partial charge in [-0.25, -0.2) is 9.49 Å². The molecule has 0 aliphatic carbocycles. The summed E-state index contributed by atoms with van der Waals surface area (Å²) in [6, 6.07) is 11.8. The molecule has 1 amide bonds. The number of anilines is 1. The Morgan fingerprint density at radius 1 is 1.00 bits per heavy atom. The second-order valence-corrected chi connectivity index (χ2v) is 9.04. The number of benzene rings is 3. The fourth-order valence-electron chi connectivity index (χ4n) is 3.99. The average Bonchev–Trinajstić information content (AvgIpc) is 2.96. The molecule has 16 nitrogen and oxygen atoms in total. The second kappa shape index (κ2) is 11.6. The number of carbonyl (C=O) groups is 1. The number of nitrogens with one attached hydrogen (secondary N) is 2. The lowest BCUT2D eigenvalue weighted by atomic mass is 10.0. The summed E-state index contributed by atoms with van der Waals surface area (Å²) in [4.78, 5) is 64.5. The maximum absolute atomic E-state index is 14.9. The van der Waals surface area contributed by atoms with E-state index in [2.05, 4.69) is 10.2 Å². The van der Waals surface area contributed by atoms with Crippen molar-refractivity contribution in [2.24, 2.45) is 0 Å². The van der Waals surface area contributed by atoms with Crippen LogP contribution in [0.4, 0.5) is 21.5 Å².